The highest BCUT2D eigenvalue weighted by atomic mass is 16.2. The third kappa shape index (κ3) is 3.45. The summed E-state index contributed by atoms with van der Waals surface area (Å²) in [4.78, 5) is 37.6. The van der Waals surface area contributed by atoms with Gasteiger partial charge in [0.15, 0.2) is 0 Å². The van der Waals surface area contributed by atoms with Gasteiger partial charge < -0.3 is 9.80 Å². The minimum atomic E-state index is 0.0332. The van der Waals surface area contributed by atoms with Crippen molar-refractivity contribution >= 4 is 11.8 Å². The van der Waals surface area contributed by atoms with Crippen LogP contribution in [0.5, 0.6) is 0 Å². The van der Waals surface area contributed by atoms with Crippen LogP contribution in [0.25, 0.3) is 0 Å². The van der Waals surface area contributed by atoms with Crippen LogP contribution < -0.4 is 0 Å². The van der Waals surface area contributed by atoms with Gasteiger partial charge >= 0.3 is 0 Å². The maximum Gasteiger partial charge on any atom is 0.254 e. The molecule has 0 radical (unpaired) electrons. The first-order valence-electron chi connectivity index (χ1n) is 9.08. The highest BCUT2D eigenvalue weighted by Gasteiger charge is 2.38. The molecule has 5 rings (SSSR count). The van der Waals surface area contributed by atoms with Gasteiger partial charge in [0.1, 0.15) is 0 Å². The SMILES string of the molecule is O=C(c1ccncc1)N1C[C@H]2CC[C@@H](C1)N(C(=O)Cc1cccnc1)C2. The Bertz CT molecular complexity index is 781. The molecule has 0 unspecified atom stereocenters. The van der Waals surface area contributed by atoms with Gasteiger partial charge in [-0.05, 0) is 42.5 Å². The number of nitrogens with zero attached hydrogens (tertiary/aromatic N) is 4. The zero-order valence-corrected chi connectivity index (χ0v) is 14.6. The van der Waals surface area contributed by atoms with E-state index in [1.807, 2.05) is 21.9 Å². The molecule has 2 aromatic heterocycles. The van der Waals surface area contributed by atoms with Gasteiger partial charge in [-0.1, -0.05) is 6.07 Å². The lowest BCUT2D eigenvalue weighted by Gasteiger charge is -2.36. The molecule has 0 spiro atoms. The summed E-state index contributed by atoms with van der Waals surface area (Å²) in [6.45, 7) is 2.06. The fraction of sp³-hybridized carbons (Fsp3) is 0.400. The second-order valence-electron chi connectivity index (χ2n) is 7.13. The van der Waals surface area contributed by atoms with Crippen LogP contribution in [-0.4, -0.2) is 57.3 Å². The third-order valence-corrected chi connectivity index (χ3v) is 5.33. The van der Waals surface area contributed by atoms with E-state index in [0.29, 0.717) is 31.0 Å². The second-order valence-corrected chi connectivity index (χ2v) is 7.13. The number of hydrogen-bond acceptors (Lipinski definition) is 4. The molecule has 5 heterocycles. The summed E-state index contributed by atoms with van der Waals surface area (Å²) in [7, 11) is 0. The third-order valence-electron chi connectivity index (χ3n) is 5.33. The Hall–Kier alpha value is -2.76. The van der Waals surface area contributed by atoms with Gasteiger partial charge in [0.05, 0.1) is 6.42 Å². The van der Waals surface area contributed by atoms with E-state index in [1.165, 1.54) is 0 Å². The number of carbonyl (C=O) groups excluding carboxylic acids is 2. The van der Waals surface area contributed by atoms with Crippen LogP contribution in [-0.2, 0) is 11.2 Å². The quantitative estimate of drug-likeness (QED) is 0.846. The van der Waals surface area contributed by atoms with Crippen LogP contribution in [0.15, 0.2) is 49.1 Å². The molecule has 3 fully saturated rings. The number of rotatable bonds is 3. The first kappa shape index (κ1) is 16.7. The molecule has 0 aromatic carbocycles. The van der Waals surface area contributed by atoms with E-state index in [1.54, 1.807) is 36.9 Å². The number of piperidine rings is 1. The molecule has 2 aromatic rings. The minimum Gasteiger partial charge on any atom is -0.337 e. The monoisotopic (exact) mass is 350 g/mol. The molecule has 3 saturated heterocycles. The molecular weight excluding hydrogens is 328 g/mol. The molecule has 2 bridgehead atoms. The predicted octanol–water partition coefficient (Wildman–Crippen LogP) is 1.78. The Morgan fingerprint density at radius 3 is 2.62 bits per heavy atom. The standard InChI is InChI=1S/C20H22N4O2/c25-19(10-15-2-1-7-22-11-15)24-13-16-3-4-18(24)14-23(12-16)20(26)17-5-8-21-9-6-17/h1-2,5-9,11,16,18H,3-4,10,12-14H2/t16-,18+/m1/s1. The van der Waals surface area contributed by atoms with Crippen LogP contribution >= 0.6 is 0 Å². The summed E-state index contributed by atoms with van der Waals surface area (Å²) in [5, 5.41) is 0. The van der Waals surface area contributed by atoms with E-state index >= 15 is 0 Å². The van der Waals surface area contributed by atoms with Crippen molar-refractivity contribution in [3.8, 4) is 0 Å². The molecule has 0 aliphatic carbocycles. The van der Waals surface area contributed by atoms with Gasteiger partial charge in [0, 0.05) is 56.0 Å². The van der Waals surface area contributed by atoms with Crippen molar-refractivity contribution in [2.75, 3.05) is 19.6 Å². The molecule has 0 saturated carbocycles. The highest BCUT2D eigenvalue weighted by Crippen LogP contribution is 2.29. The van der Waals surface area contributed by atoms with Gasteiger partial charge in [-0.3, -0.25) is 19.6 Å². The summed E-state index contributed by atoms with van der Waals surface area (Å²) < 4.78 is 0. The Morgan fingerprint density at radius 2 is 1.85 bits per heavy atom. The molecule has 3 aliphatic heterocycles. The summed E-state index contributed by atoms with van der Waals surface area (Å²) in [6.07, 6.45) is 9.14. The van der Waals surface area contributed by atoms with Crippen molar-refractivity contribution in [1.29, 1.82) is 0 Å². The van der Waals surface area contributed by atoms with Crippen LogP contribution in [0.2, 0.25) is 0 Å². The molecule has 134 valence electrons. The normalized spacial score (nSPS) is 22.2. The first-order chi connectivity index (χ1) is 12.7. The van der Waals surface area contributed by atoms with E-state index in [0.717, 1.165) is 24.9 Å². The summed E-state index contributed by atoms with van der Waals surface area (Å²) in [6, 6.07) is 7.39. The van der Waals surface area contributed by atoms with E-state index in [2.05, 4.69) is 9.97 Å². The van der Waals surface area contributed by atoms with Crippen molar-refractivity contribution in [1.82, 2.24) is 19.8 Å². The average molecular weight is 350 g/mol. The molecule has 2 atom stereocenters. The molecule has 6 nitrogen and oxygen atoms in total. The van der Waals surface area contributed by atoms with Crippen LogP contribution in [0.1, 0.15) is 28.8 Å². The highest BCUT2D eigenvalue weighted by molar-refractivity contribution is 5.94. The lowest BCUT2D eigenvalue weighted by atomic mass is 9.94. The first-order valence-corrected chi connectivity index (χ1v) is 9.08. The number of pyridine rings is 2. The number of hydrogen-bond donors (Lipinski definition) is 0. The van der Waals surface area contributed by atoms with E-state index in [4.69, 9.17) is 0 Å². The predicted molar refractivity (Wildman–Crippen MR) is 96.3 cm³/mol. The van der Waals surface area contributed by atoms with Gasteiger partial charge in [0.2, 0.25) is 5.91 Å². The fourth-order valence-corrected chi connectivity index (χ4v) is 4.01. The average Bonchev–Trinajstić information content (AvgIpc) is 3.01. The Balaban J connectivity index is 1.48. The van der Waals surface area contributed by atoms with Crippen LogP contribution in [0.3, 0.4) is 0 Å². The van der Waals surface area contributed by atoms with Gasteiger partial charge in [-0.2, -0.15) is 0 Å². The summed E-state index contributed by atoms with van der Waals surface area (Å²) in [5.41, 5.74) is 1.59. The molecule has 6 heteroatoms. The fourth-order valence-electron chi connectivity index (χ4n) is 4.01. The van der Waals surface area contributed by atoms with E-state index in [9.17, 15) is 9.59 Å². The number of amides is 2. The number of carbonyl (C=O) groups is 2. The van der Waals surface area contributed by atoms with Crippen molar-refractivity contribution in [3.63, 3.8) is 0 Å². The van der Waals surface area contributed by atoms with Crippen LogP contribution in [0, 0.1) is 5.92 Å². The van der Waals surface area contributed by atoms with Crippen molar-refractivity contribution in [2.24, 2.45) is 5.92 Å². The molecule has 0 N–H and O–H groups in total. The summed E-state index contributed by atoms with van der Waals surface area (Å²) >= 11 is 0. The Kier molecular flexibility index (Phi) is 4.65. The van der Waals surface area contributed by atoms with Gasteiger partial charge in [-0.25, -0.2) is 0 Å². The van der Waals surface area contributed by atoms with Crippen molar-refractivity contribution in [3.05, 3.63) is 60.2 Å². The minimum absolute atomic E-state index is 0.0332. The van der Waals surface area contributed by atoms with Crippen LogP contribution in [0.4, 0.5) is 0 Å². The Morgan fingerprint density at radius 1 is 1.00 bits per heavy atom. The maximum absolute atomic E-state index is 12.8. The lowest BCUT2D eigenvalue weighted by Crippen LogP contribution is -2.48. The zero-order chi connectivity index (χ0) is 17.9. The van der Waals surface area contributed by atoms with Gasteiger partial charge in [0.25, 0.3) is 5.91 Å². The van der Waals surface area contributed by atoms with E-state index < -0.39 is 0 Å². The van der Waals surface area contributed by atoms with E-state index in [-0.39, 0.29) is 17.9 Å². The number of fused-ring (bicyclic) bond motifs is 4. The van der Waals surface area contributed by atoms with Gasteiger partial charge in [-0.15, -0.1) is 0 Å². The number of aromatic nitrogens is 2. The molecule has 3 aliphatic rings. The topological polar surface area (TPSA) is 66.4 Å². The van der Waals surface area contributed by atoms with Crippen molar-refractivity contribution < 1.29 is 9.59 Å². The molecular formula is C20H22N4O2. The second kappa shape index (κ2) is 7.23. The Labute approximate surface area is 152 Å². The van der Waals surface area contributed by atoms with Crippen molar-refractivity contribution in [2.45, 2.75) is 25.3 Å². The lowest BCUT2D eigenvalue weighted by molar-refractivity contribution is -0.134. The largest absolute Gasteiger partial charge is 0.337 e. The smallest absolute Gasteiger partial charge is 0.254 e. The summed E-state index contributed by atoms with van der Waals surface area (Å²) in [5.74, 6) is 0.508. The maximum atomic E-state index is 12.8. The zero-order valence-electron chi connectivity index (χ0n) is 14.6. The molecule has 2 amide bonds. The molecule has 26 heavy (non-hydrogen) atoms.